The maximum atomic E-state index is 6.70. The van der Waals surface area contributed by atoms with Crippen molar-refractivity contribution in [3.8, 4) is 45.3 Å². The van der Waals surface area contributed by atoms with Crippen molar-refractivity contribution in [2.75, 3.05) is 0 Å². The third-order valence-corrected chi connectivity index (χ3v) is 10.3. The van der Waals surface area contributed by atoms with Crippen LogP contribution in [0.5, 0.6) is 0 Å². The second-order valence-corrected chi connectivity index (χ2v) is 13.3. The van der Waals surface area contributed by atoms with Crippen molar-refractivity contribution in [3.05, 3.63) is 171 Å². The van der Waals surface area contributed by atoms with Crippen LogP contribution < -0.4 is 0 Å². The van der Waals surface area contributed by atoms with E-state index in [-0.39, 0.29) is 0 Å². The fraction of sp³-hybridized carbons (Fsp3) is 0. The molecule has 0 aliphatic rings. The number of para-hydroxylation sites is 2. The molecule has 52 heavy (non-hydrogen) atoms. The van der Waals surface area contributed by atoms with E-state index < -0.39 is 0 Å². The Bertz CT molecular complexity index is 2940. The van der Waals surface area contributed by atoms with E-state index in [1.165, 1.54) is 4.70 Å². The van der Waals surface area contributed by atoms with Crippen molar-refractivity contribution in [2.24, 2.45) is 0 Å². The van der Waals surface area contributed by atoms with Gasteiger partial charge >= 0.3 is 0 Å². The van der Waals surface area contributed by atoms with Crippen LogP contribution >= 0.6 is 11.3 Å². The van der Waals surface area contributed by atoms with Gasteiger partial charge in [-0.05, 0) is 24.3 Å². The van der Waals surface area contributed by atoms with Crippen LogP contribution in [0.3, 0.4) is 0 Å². The Kier molecular flexibility index (Phi) is 7.91. The van der Waals surface area contributed by atoms with Crippen molar-refractivity contribution < 1.29 is 4.42 Å². The van der Waals surface area contributed by atoms with Crippen LogP contribution in [0, 0.1) is 0 Å². The van der Waals surface area contributed by atoms with Crippen LogP contribution in [0.25, 0.3) is 98.4 Å². The van der Waals surface area contributed by atoms with Gasteiger partial charge < -0.3 is 4.42 Å². The standard InChI is InChI=1S/C42H24N4OS.C4H6/c1-3-13-25(14-4-1)36-27-17-7-9-22-32(27)43-41(44-36)30-20-12-23-33-35(30)29-19-11-21-31(39(29)47-33)42-45-37(26-15-5-2-6-16-26)40-38(46-42)28-18-8-10-24-34(28)48-40;1-3-4-2/h1-24H;3-4H,1-2H2. The molecule has 246 valence electrons. The first-order valence-electron chi connectivity index (χ1n) is 17.0. The summed E-state index contributed by atoms with van der Waals surface area (Å²) in [6, 6.07) is 49.6. The Hall–Kier alpha value is -6.76. The maximum Gasteiger partial charge on any atom is 0.164 e. The highest BCUT2D eigenvalue weighted by molar-refractivity contribution is 7.26. The van der Waals surface area contributed by atoms with E-state index in [1.54, 1.807) is 23.5 Å². The van der Waals surface area contributed by atoms with Crippen LogP contribution in [0.1, 0.15) is 0 Å². The summed E-state index contributed by atoms with van der Waals surface area (Å²) in [4.78, 5) is 20.7. The summed E-state index contributed by atoms with van der Waals surface area (Å²) in [6.07, 6.45) is 3.28. The second-order valence-electron chi connectivity index (χ2n) is 12.3. The lowest BCUT2D eigenvalue weighted by Gasteiger charge is -2.10. The van der Waals surface area contributed by atoms with E-state index in [1.807, 2.05) is 54.6 Å². The Morgan fingerprint density at radius 3 is 1.87 bits per heavy atom. The summed E-state index contributed by atoms with van der Waals surface area (Å²) in [6.45, 7) is 6.72. The number of rotatable bonds is 5. The van der Waals surface area contributed by atoms with Gasteiger partial charge in [0.05, 0.1) is 32.7 Å². The molecule has 4 aromatic heterocycles. The van der Waals surface area contributed by atoms with E-state index in [9.17, 15) is 0 Å². The molecule has 0 amide bonds. The van der Waals surface area contributed by atoms with Gasteiger partial charge in [0.1, 0.15) is 11.2 Å². The Morgan fingerprint density at radius 2 is 1.10 bits per heavy atom. The van der Waals surface area contributed by atoms with Gasteiger partial charge in [0, 0.05) is 42.9 Å². The van der Waals surface area contributed by atoms with E-state index in [2.05, 4.69) is 104 Å². The Labute approximate surface area is 303 Å². The van der Waals surface area contributed by atoms with Crippen molar-refractivity contribution in [2.45, 2.75) is 0 Å². The van der Waals surface area contributed by atoms with Crippen molar-refractivity contribution in [3.63, 3.8) is 0 Å². The average molecular weight is 687 g/mol. The van der Waals surface area contributed by atoms with Crippen LogP contribution in [0.2, 0.25) is 0 Å². The number of aromatic nitrogens is 4. The van der Waals surface area contributed by atoms with Gasteiger partial charge in [-0.25, -0.2) is 19.9 Å². The number of hydrogen-bond donors (Lipinski definition) is 0. The van der Waals surface area contributed by atoms with Gasteiger partial charge in [-0.2, -0.15) is 0 Å². The molecular weight excluding hydrogens is 657 g/mol. The first-order valence-corrected chi connectivity index (χ1v) is 17.8. The number of fused-ring (bicyclic) bond motifs is 7. The van der Waals surface area contributed by atoms with E-state index in [4.69, 9.17) is 24.4 Å². The molecule has 0 saturated carbocycles. The molecule has 0 bridgehead atoms. The van der Waals surface area contributed by atoms with E-state index in [0.29, 0.717) is 11.6 Å². The number of thiophene rings is 1. The molecule has 6 aromatic carbocycles. The Morgan fingerprint density at radius 1 is 0.500 bits per heavy atom. The molecule has 10 aromatic rings. The van der Waals surface area contributed by atoms with Crippen molar-refractivity contribution >= 4 is 64.5 Å². The van der Waals surface area contributed by atoms with Crippen molar-refractivity contribution in [1.82, 2.24) is 19.9 Å². The molecule has 5 nitrogen and oxygen atoms in total. The average Bonchev–Trinajstić information content (AvgIpc) is 3.79. The highest BCUT2D eigenvalue weighted by Gasteiger charge is 2.22. The van der Waals surface area contributed by atoms with Crippen LogP contribution in [-0.2, 0) is 0 Å². The van der Waals surface area contributed by atoms with Crippen LogP contribution in [0.15, 0.2) is 175 Å². The molecule has 0 N–H and O–H groups in total. The van der Waals surface area contributed by atoms with Gasteiger partial charge in [-0.3, -0.25) is 0 Å². The zero-order chi connectivity index (χ0) is 35.0. The van der Waals surface area contributed by atoms with E-state index in [0.717, 1.165) is 82.1 Å². The Balaban J connectivity index is 0.000000859. The highest BCUT2D eigenvalue weighted by Crippen LogP contribution is 2.43. The first kappa shape index (κ1) is 31.2. The summed E-state index contributed by atoms with van der Waals surface area (Å²) in [7, 11) is 0. The number of hydrogen-bond acceptors (Lipinski definition) is 6. The van der Waals surface area contributed by atoms with Crippen LogP contribution in [-0.4, -0.2) is 19.9 Å². The molecule has 0 atom stereocenters. The lowest BCUT2D eigenvalue weighted by atomic mass is 10.0. The zero-order valence-electron chi connectivity index (χ0n) is 28.0. The van der Waals surface area contributed by atoms with Gasteiger partial charge in [0.25, 0.3) is 0 Å². The third kappa shape index (κ3) is 5.34. The SMILES string of the molecule is C=CC=C.c1ccc(-c2nc(-c3cccc4oc5c(-c6nc(-c7ccccc7)c7sc8ccccc8c7n6)cccc5c34)nc3ccccc23)cc1. The number of furan rings is 1. The fourth-order valence-corrected chi connectivity index (χ4v) is 7.88. The second kappa shape index (κ2) is 13.2. The molecule has 0 saturated heterocycles. The van der Waals surface area contributed by atoms with E-state index >= 15 is 0 Å². The molecule has 0 fully saturated rings. The summed E-state index contributed by atoms with van der Waals surface area (Å²) >= 11 is 1.73. The predicted octanol–water partition coefficient (Wildman–Crippen LogP) is 12.7. The van der Waals surface area contributed by atoms with Gasteiger partial charge in [-0.15, -0.1) is 11.3 Å². The van der Waals surface area contributed by atoms with Crippen LogP contribution in [0.4, 0.5) is 0 Å². The zero-order valence-corrected chi connectivity index (χ0v) is 28.8. The summed E-state index contributed by atoms with van der Waals surface area (Å²) in [5.74, 6) is 1.28. The molecule has 10 rings (SSSR count). The van der Waals surface area contributed by atoms with Gasteiger partial charge in [0.2, 0.25) is 0 Å². The van der Waals surface area contributed by atoms with Gasteiger partial charge in [0.15, 0.2) is 11.6 Å². The smallest absolute Gasteiger partial charge is 0.164 e. The number of benzene rings is 6. The molecule has 0 aliphatic heterocycles. The minimum Gasteiger partial charge on any atom is -0.455 e. The summed E-state index contributed by atoms with van der Waals surface area (Å²) in [5, 5.41) is 4.08. The molecule has 4 heterocycles. The largest absolute Gasteiger partial charge is 0.455 e. The van der Waals surface area contributed by atoms with Gasteiger partial charge in [-0.1, -0.05) is 147 Å². The number of allylic oxidation sites excluding steroid dienone is 2. The molecule has 0 unspecified atom stereocenters. The topological polar surface area (TPSA) is 64.7 Å². The molecule has 6 heteroatoms. The normalized spacial score (nSPS) is 11.2. The maximum absolute atomic E-state index is 6.70. The quantitative estimate of drug-likeness (QED) is 0.169. The molecular formula is C46H30N4OS. The fourth-order valence-electron chi connectivity index (χ4n) is 6.73. The minimum absolute atomic E-state index is 0.629. The summed E-state index contributed by atoms with van der Waals surface area (Å²) in [5.41, 5.74) is 9.02. The van der Waals surface area contributed by atoms with Crippen molar-refractivity contribution in [1.29, 1.82) is 0 Å². The lowest BCUT2D eigenvalue weighted by molar-refractivity contribution is 0.669. The molecule has 0 aliphatic carbocycles. The predicted molar refractivity (Wildman–Crippen MR) is 217 cm³/mol. The number of nitrogens with zero attached hydrogens (tertiary/aromatic N) is 4. The highest BCUT2D eigenvalue weighted by atomic mass is 32.1. The molecule has 0 radical (unpaired) electrons. The monoisotopic (exact) mass is 686 g/mol. The molecule has 0 spiro atoms. The lowest BCUT2D eigenvalue weighted by Crippen LogP contribution is -1.95. The summed E-state index contributed by atoms with van der Waals surface area (Å²) < 4.78 is 8.96. The first-order chi connectivity index (χ1) is 25.7. The third-order valence-electron chi connectivity index (χ3n) is 9.09. The minimum atomic E-state index is 0.629.